The van der Waals surface area contributed by atoms with Crippen LogP contribution in [0.5, 0.6) is 0 Å². The Morgan fingerprint density at radius 1 is 1.43 bits per heavy atom. The predicted octanol–water partition coefficient (Wildman–Crippen LogP) is 1.20. The van der Waals surface area contributed by atoms with Gasteiger partial charge in [-0.3, -0.25) is 0 Å². The Hall–Kier alpha value is -0.0900. The second kappa shape index (κ2) is 5.12. The zero-order valence-electron chi connectivity index (χ0n) is 9.12. The van der Waals surface area contributed by atoms with Gasteiger partial charge >= 0.3 is 0 Å². The molecule has 1 rings (SSSR count). The summed E-state index contributed by atoms with van der Waals surface area (Å²) in [7, 11) is -2.72. The van der Waals surface area contributed by atoms with E-state index in [9.17, 15) is 8.42 Å². The molecule has 0 saturated carbocycles. The Bertz CT molecular complexity index is 261. The molecule has 2 atom stereocenters. The number of hydrogen-bond acceptors (Lipinski definition) is 3. The summed E-state index contributed by atoms with van der Waals surface area (Å²) in [6.45, 7) is 5.25. The van der Waals surface area contributed by atoms with Crippen molar-refractivity contribution in [3.8, 4) is 0 Å². The molecular weight excluding hydrogens is 198 g/mol. The van der Waals surface area contributed by atoms with E-state index in [0.29, 0.717) is 23.5 Å². The van der Waals surface area contributed by atoms with Crippen LogP contribution in [-0.4, -0.2) is 32.5 Å². The molecule has 1 fully saturated rings. The van der Waals surface area contributed by atoms with Gasteiger partial charge in [-0.15, -0.1) is 0 Å². The van der Waals surface area contributed by atoms with Crippen LogP contribution in [0.25, 0.3) is 0 Å². The Morgan fingerprint density at radius 2 is 2.14 bits per heavy atom. The molecule has 4 heteroatoms. The Kier molecular flexibility index (Phi) is 4.38. The molecule has 0 aliphatic carbocycles. The second-order valence-corrected chi connectivity index (χ2v) is 6.36. The smallest absolute Gasteiger partial charge is 0.150 e. The van der Waals surface area contributed by atoms with Gasteiger partial charge in [-0.2, -0.15) is 0 Å². The molecule has 1 saturated heterocycles. The van der Waals surface area contributed by atoms with Gasteiger partial charge in [0.05, 0.1) is 11.5 Å². The molecule has 0 bridgehead atoms. The molecule has 1 aliphatic rings. The number of rotatable bonds is 5. The lowest BCUT2D eigenvalue weighted by molar-refractivity contribution is 0.372. The number of nitrogens with one attached hydrogen (secondary N) is 1. The van der Waals surface area contributed by atoms with Gasteiger partial charge in [0.15, 0.2) is 9.84 Å². The summed E-state index contributed by atoms with van der Waals surface area (Å²) in [5, 5.41) is 3.43. The fraction of sp³-hybridized carbons (Fsp3) is 1.00. The van der Waals surface area contributed by atoms with E-state index in [1.54, 1.807) is 0 Å². The molecule has 1 aliphatic heterocycles. The summed E-state index contributed by atoms with van der Waals surface area (Å²) < 4.78 is 22.6. The predicted molar refractivity (Wildman–Crippen MR) is 59.1 cm³/mol. The average Bonchev–Trinajstić information content (AvgIpc) is 2.48. The Labute approximate surface area is 87.2 Å². The highest BCUT2D eigenvalue weighted by Crippen LogP contribution is 2.23. The third kappa shape index (κ3) is 3.24. The van der Waals surface area contributed by atoms with Gasteiger partial charge in [-0.25, -0.2) is 8.42 Å². The first kappa shape index (κ1) is 12.0. The molecule has 0 radical (unpaired) electrons. The zero-order valence-corrected chi connectivity index (χ0v) is 9.94. The molecule has 0 aromatic heterocycles. The maximum Gasteiger partial charge on any atom is 0.150 e. The van der Waals surface area contributed by atoms with Crippen LogP contribution in [0.3, 0.4) is 0 Å². The van der Waals surface area contributed by atoms with Crippen LogP contribution in [-0.2, 0) is 9.84 Å². The normalized spacial score (nSPS) is 27.7. The van der Waals surface area contributed by atoms with Crippen LogP contribution in [0, 0.1) is 5.92 Å². The molecule has 3 nitrogen and oxygen atoms in total. The van der Waals surface area contributed by atoms with Gasteiger partial charge in [0.2, 0.25) is 0 Å². The molecular formula is C10H21NO2S. The largest absolute Gasteiger partial charge is 0.314 e. The van der Waals surface area contributed by atoms with Crippen molar-refractivity contribution in [3.05, 3.63) is 0 Å². The summed E-state index contributed by atoms with van der Waals surface area (Å²) in [6, 6.07) is 0.396. The van der Waals surface area contributed by atoms with Gasteiger partial charge in [0, 0.05) is 6.04 Å². The first-order chi connectivity index (χ1) is 6.59. The lowest BCUT2D eigenvalue weighted by Crippen LogP contribution is -2.36. The van der Waals surface area contributed by atoms with Crippen molar-refractivity contribution in [1.29, 1.82) is 0 Å². The van der Waals surface area contributed by atoms with Crippen LogP contribution in [0.15, 0.2) is 0 Å². The average molecular weight is 219 g/mol. The minimum Gasteiger partial charge on any atom is -0.314 e. The van der Waals surface area contributed by atoms with Gasteiger partial charge < -0.3 is 5.32 Å². The van der Waals surface area contributed by atoms with E-state index in [1.165, 1.54) is 0 Å². The van der Waals surface area contributed by atoms with E-state index in [0.717, 1.165) is 25.8 Å². The van der Waals surface area contributed by atoms with Crippen molar-refractivity contribution in [1.82, 2.24) is 5.32 Å². The molecule has 2 unspecified atom stereocenters. The lowest BCUT2D eigenvalue weighted by Gasteiger charge is -2.22. The molecule has 84 valence electrons. The lowest BCUT2D eigenvalue weighted by atomic mass is 9.97. The van der Waals surface area contributed by atoms with Crippen molar-refractivity contribution in [2.75, 3.05) is 18.1 Å². The molecule has 0 aromatic rings. The van der Waals surface area contributed by atoms with Gasteiger partial charge in [-0.05, 0) is 31.7 Å². The molecule has 0 aromatic carbocycles. The molecule has 0 amide bonds. The van der Waals surface area contributed by atoms with Crippen LogP contribution in [0.1, 0.15) is 33.1 Å². The fourth-order valence-electron chi connectivity index (χ4n) is 2.12. The van der Waals surface area contributed by atoms with Crippen molar-refractivity contribution in [2.45, 2.75) is 39.2 Å². The van der Waals surface area contributed by atoms with Crippen LogP contribution in [0.2, 0.25) is 0 Å². The highest BCUT2D eigenvalue weighted by Gasteiger charge is 2.32. The third-order valence-electron chi connectivity index (χ3n) is 2.93. The Morgan fingerprint density at radius 3 is 2.57 bits per heavy atom. The summed E-state index contributed by atoms with van der Waals surface area (Å²) in [5.41, 5.74) is 0. The van der Waals surface area contributed by atoms with Gasteiger partial charge in [-0.1, -0.05) is 13.8 Å². The van der Waals surface area contributed by atoms with E-state index in [2.05, 4.69) is 19.2 Å². The zero-order chi connectivity index (χ0) is 10.6. The van der Waals surface area contributed by atoms with E-state index in [1.807, 2.05) is 0 Å². The van der Waals surface area contributed by atoms with Crippen molar-refractivity contribution >= 4 is 9.84 Å². The summed E-state index contributed by atoms with van der Waals surface area (Å²) in [5.74, 6) is 1.13. The van der Waals surface area contributed by atoms with Gasteiger partial charge in [0.25, 0.3) is 0 Å². The summed E-state index contributed by atoms with van der Waals surface area (Å²) >= 11 is 0. The number of sulfone groups is 1. The van der Waals surface area contributed by atoms with E-state index in [-0.39, 0.29) is 0 Å². The minimum atomic E-state index is -2.72. The maximum absolute atomic E-state index is 11.3. The Balaban J connectivity index is 2.46. The topological polar surface area (TPSA) is 46.2 Å². The standard InChI is InChI=1S/C10H21NO2S/c1-3-6-11-10(4-2)9-5-7-14(12,13)8-9/h9-11H,3-8H2,1-2H3. The van der Waals surface area contributed by atoms with Crippen LogP contribution < -0.4 is 5.32 Å². The molecule has 1 N–H and O–H groups in total. The molecule has 14 heavy (non-hydrogen) atoms. The van der Waals surface area contributed by atoms with Gasteiger partial charge in [0.1, 0.15) is 0 Å². The van der Waals surface area contributed by atoms with Crippen molar-refractivity contribution in [2.24, 2.45) is 5.92 Å². The quantitative estimate of drug-likeness (QED) is 0.756. The van der Waals surface area contributed by atoms with Crippen molar-refractivity contribution in [3.63, 3.8) is 0 Å². The monoisotopic (exact) mass is 219 g/mol. The van der Waals surface area contributed by atoms with E-state index < -0.39 is 9.84 Å². The number of hydrogen-bond donors (Lipinski definition) is 1. The van der Waals surface area contributed by atoms with Crippen LogP contribution >= 0.6 is 0 Å². The minimum absolute atomic E-state index is 0.344. The summed E-state index contributed by atoms with van der Waals surface area (Å²) in [4.78, 5) is 0. The van der Waals surface area contributed by atoms with E-state index >= 15 is 0 Å². The first-order valence-corrected chi connectivity index (χ1v) is 7.35. The first-order valence-electron chi connectivity index (χ1n) is 5.53. The fourth-order valence-corrected chi connectivity index (χ4v) is 4.00. The maximum atomic E-state index is 11.3. The third-order valence-corrected chi connectivity index (χ3v) is 4.73. The molecule has 1 heterocycles. The molecule has 0 spiro atoms. The van der Waals surface area contributed by atoms with Crippen molar-refractivity contribution < 1.29 is 8.42 Å². The summed E-state index contributed by atoms with van der Waals surface area (Å²) in [6.07, 6.45) is 2.98. The van der Waals surface area contributed by atoms with E-state index in [4.69, 9.17) is 0 Å². The SMILES string of the molecule is CCCNC(CC)C1CCS(=O)(=O)C1. The van der Waals surface area contributed by atoms with Crippen LogP contribution in [0.4, 0.5) is 0 Å². The highest BCUT2D eigenvalue weighted by atomic mass is 32.2. The highest BCUT2D eigenvalue weighted by molar-refractivity contribution is 7.91. The second-order valence-electron chi connectivity index (χ2n) is 4.13.